The zero-order valence-electron chi connectivity index (χ0n) is 33.3. The summed E-state index contributed by atoms with van der Waals surface area (Å²) in [4.78, 5) is 25.2. The van der Waals surface area contributed by atoms with E-state index in [4.69, 9.17) is 18.9 Å². The lowest BCUT2D eigenvalue weighted by molar-refractivity contribution is -0.305. The van der Waals surface area contributed by atoms with Gasteiger partial charge in [-0.1, -0.05) is 109 Å². The smallest absolute Gasteiger partial charge is 0.306 e. The quantitative estimate of drug-likeness (QED) is 0.0219. The van der Waals surface area contributed by atoms with Gasteiger partial charge in [-0.3, -0.25) is 9.59 Å². The monoisotopic (exact) mass is 753 g/mol. The zero-order valence-corrected chi connectivity index (χ0v) is 33.3. The molecular weight excluding hydrogens is 676 g/mol. The molecule has 308 valence electrons. The highest BCUT2D eigenvalue weighted by Crippen LogP contribution is 2.22. The van der Waals surface area contributed by atoms with Gasteiger partial charge >= 0.3 is 11.9 Å². The second-order valence-corrected chi connectivity index (χ2v) is 14.5. The first-order chi connectivity index (χ1) is 25.8. The van der Waals surface area contributed by atoms with Crippen LogP contribution in [0.25, 0.3) is 0 Å². The van der Waals surface area contributed by atoms with E-state index in [1.54, 1.807) is 0 Å². The number of esters is 2. The highest BCUT2D eigenvalue weighted by atomic mass is 16.7. The molecule has 0 aliphatic carbocycles. The van der Waals surface area contributed by atoms with Crippen molar-refractivity contribution >= 4 is 11.9 Å². The van der Waals surface area contributed by atoms with Gasteiger partial charge in [0, 0.05) is 12.8 Å². The molecule has 0 bridgehead atoms. The second-order valence-electron chi connectivity index (χ2n) is 14.5. The molecule has 0 radical (unpaired) electrons. The van der Waals surface area contributed by atoms with Crippen LogP contribution in [0.2, 0.25) is 0 Å². The van der Waals surface area contributed by atoms with Crippen LogP contribution < -0.4 is 0 Å². The van der Waals surface area contributed by atoms with Gasteiger partial charge < -0.3 is 39.4 Å². The first-order valence-electron chi connectivity index (χ1n) is 21.2. The average Bonchev–Trinajstić information content (AvgIpc) is 3.15. The Bertz CT molecular complexity index is 976. The fraction of sp³-hybridized carbons (Fsp3) is 0.837. The number of aliphatic hydroxyl groups is 4. The molecule has 1 heterocycles. The maximum Gasteiger partial charge on any atom is 0.306 e. The van der Waals surface area contributed by atoms with Crippen LogP contribution in [0.3, 0.4) is 0 Å². The third-order valence-corrected chi connectivity index (χ3v) is 9.58. The first-order valence-corrected chi connectivity index (χ1v) is 21.2. The van der Waals surface area contributed by atoms with Gasteiger partial charge in [0.2, 0.25) is 0 Å². The van der Waals surface area contributed by atoms with Gasteiger partial charge in [0.15, 0.2) is 12.4 Å². The fourth-order valence-corrected chi connectivity index (χ4v) is 6.16. The van der Waals surface area contributed by atoms with Crippen molar-refractivity contribution < 1.29 is 49.0 Å². The lowest BCUT2D eigenvalue weighted by Gasteiger charge is -2.39. The van der Waals surface area contributed by atoms with Crippen LogP contribution in [0.15, 0.2) is 30.0 Å². The predicted molar refractivity (Wildman–Crippen MR) is 209 cm³/mol. The molecule has 53 heavy (non-hydrogen) atoms. The summed E-state index contributed by atoms with van der Waals surface area (Å²) in [5.74, 6) is -0.838. The van der Waals surface area contributed by atoms with Gasteiger partial charge in [0.25, 0.3) is 0 Å². The Balaban J connectivity index is 2.38. The predicted octanol–water partition coefficient (Wildman–Crippen LogP) is 8.32. The van der Waals surface area contributed by atoms with Crippen molar-refractivity contribution in [3.05, 3.63) is 30.0 Å². The van der Waals surface area contributed by atoms with Crippen molar-refractivity contribution in [2.75, 3.05) is 19.8 Å². The number of unbranched alkanes of at least 4 members (excludes halogenated alkanes) is 19. The molecule has 4 N–H and O–H groups in total. The summed E-state index contributed by atoms with van der Waals surface area (Å²) in [6.45, 7) is 3.35. The molecular formula is C43H76O10. The van der Waals surface area contributed by atoms with Gasteiger partial charge in [-0.25, -0.2) is 0 Å². The molecule has 0 aromatic carbocycles. The van der Waals surface area contributed by atoms with E-state index in [1.807, 2.05) is 0 Å². The van der Waals surface area contributed by atoms with E-state index >= 15 is 0 Å². The van der Waals surface area contributed by atoms with Crippen LogP contribution in [0.5, 0.6) is 0 Å². The van der Waals surface area contributed by atoms with Crippen LogP contribution in [0, 0.1) is 0 Å². The third-order valence-electron chi connectivity index (χ3n) is 9.58. The average molecular weight is 753 g/mol. The molecule has 1 aliphatic rings. The number of aliphatic hydroxyl groups excluding tert-OH is 4. The van der Waals surface area contributed by atoms with Gasteiger partial charge in [-0.05, 0) is 76.4 Å². The SMILES string of the molecule is CCCCCC/C=C/CCCCCCCC(=O)O[C@@H](COC(=O)CCCCCCCC=C=CCCCCCCC)CO[C@H]1O[C@@H](CO)[C@@H](O)C(O)C1O. The number of carbonyl (C=O) groups excluding carboxylic acids is 2. The van der Waals surface area contributed by atoms with Crippen molar-refractivity contribution in [2.24, 2.45) is 0 Å². The lowest BCUT2D eigenvalue weighted by Crippen LogP contribution is -2.59. The number of carbonyl (C=O) groups is 2. The Morgan fingerprint density at radius 1 is 0.623 bits per heavy atom. The molecule has 0 aromatic rings. The Morgan fingerprint density at radius 2 is 1.11 bits per heavy atom. The molecule has 2 unspecified atom stereocenters. The van der Waals surface area contributed by atoms with Gasteiger partial charge in [0.1, 0.15) is 31.0 Å². The van der Waals surface area contributed by atoms with Crippen LogP contribution in [-0.4, -0.2) is 89.0 Å². The number of hydrogen-bond acceptors (Lipinski definition) is 10. The van der Waals surface area contributed by atoms with Crippen LogP contribution in [0.4, 0.5) is 0 Å². The summed E-state index contributed by atoms with van der Waals surface area (Å²) in [6.07, 6.45) is 26.7. The topological polar surface area (TPSA) is 152 Å². The Labute approximate surface area is 321 Å². The van der Waals surface area contributed by atoms with Crippen molar-refractivity contribution in [3.8, 4) is 0 Å². The molecule has 0 amide bonds. The molecule has 1 saturated heterocycles. The molecule has 6 atom stereocenters. The van der Waals surface area contributed by atoms with Gasteiger partial charge in [-0.2, -0.15) is 0 Å². The summed E-state index contributed by atoms with van der Waals surface area (Å²) in [5.41, 5.74) is 3.29. The Morgan fingerprint density at radius 3 is 1.68 bits per heavy atom. The minimum absolute atomic E-state index is 0.216. The van der Waals surface area contributed by atoms with Crippen LogP contribution in [-0.2, 0) is 28.5 Å². The van der Waals surface area contributed by atoms with E-state index in [1.165, 1.54) is 57.8 Å². The summed E-state index contributed by atoms with van der Waals surface area (Å²) in [7, 11) is 0. The number of ether oxygens (including phenoxy) is 4. The summed E-state index contributed by atoms with van der Waals surface area (Å²) in [5, 5.41) is 40.0. The van der Waals surface area contributed by atoms with E-state index in [9.17, 15) is 30.0 Å². The number of rotatable bonds is 34. The summed E-state index contributed by atoms with van der Waals surface area (Å²) >= 11 is 0. The van der Waals surface area contributed by atoms with Crippen molar-refractivity contribution in [2.45, 2.75) is 211 Å². The maximum atomic E-state index is 12.7. The Kier molecular flexibility index (Phi) is 31.8. The summed E-state index contributed by atoms with van der Waals surface area (Å²) < 4.78 is 22.1. The third kappa shape index (κ3) is 26.4. The van der Waals surface area contributed by atoms with Gasteiger partial charge in [-0.15, -0.1) is 5.73 Å². The molecule has 1 aliphatic heterocycles. The van der Waals surface area contributed by atoms with E-state index < -0.39 is 55.4 Å². The summed E-state index contributed by atoms with van der Waals surface area (Å²) in [6, 6.07) is 0. The molecule has 10 nitrogen and oxygen atoms in total. The highest BCUT2D eigenvalue weighted by Gasteiger charge is 2.44. The minimum atomic E-state index is -1.60. The van der Waals surface area contributed by atoms with Crippen LogP contribution in [0.1, 0.15) is 174 Å². The molecule has 0 spiro atoms. The Hall–Kier alpha value is -2.04. The van der Waals surface area contributed by atoms with Crippen molar-refractivity contribution in [1.82, 2.24) is 0 Å². The minimum Gasteiger partial charge on any atom is -0.462 e. The first kappa shape index (κ1) is 49.0. The van der Waals surface area contributed by atoms with E-state index in [-0.39, 0.29) is 26.1 Å². The van der Waals surface area contributed by atoms with Crippen LogP contribution >= 0.6 is 0 Å². The van der Waals surface area contributed by atoms with Crippen molar-refractivity contribution in [1.29, 1.82) is 0 Å². The second kappa shape index (κ2) is 34.5. The molecule has 0 saturated carbocycles. The van der Waals surface area contributed by atoms with Gasteiger partial charge in [0.05, 0.1) is 13.2 Å². The zero-order chi connectivity index (χ0) is 38.8. The number of allylic oxidation sites excluding steroid dienone is 3. The van der Waals surface area contributed by atoms with E-state index in [0.29, 0.717) is 12.8 Å². The van der Waals surface area contributed by atoms with Crippen molar-refractivity contribution in [3.63, 3.8) is 0 Å². The highest BCUT2D eigenvalue weighted by molar-refractivity contribution is 5.70. The standard InChI is InChI=1S/C43H76O10/c1-3-5-7-9-11-13-15-17-18-20-21-23-25-27-29-31-38(45)50-34-36(35-51-43-42(49)41(48)40(47)37(33-44)53-43)52-39(46)32-30-28-26-24-22-19-16-14-12-10-8-6-4-2/h14-16,18,36-37,40-44,47-49H,3-13,19-35H2,1-2H3/b16-14+/t17?,36-,37-,40+,41?,42?,43-/m0/s1. The molecule has 1 fully saturated rings. The number of hydrogen-bond donors (Lipinski definition) is 4. The maximum absolute atomic E-state index is 12.7. The largest absolute Gasteiger partial charge is 0.462 e. The normalized spacial score (nSPS) is 20.6. The lowest BCUT2D eigenvalue weighted by atomic mass is 9.99. The van der Waals surface area contributed by atoms with E-state index in [2.05, 4.69) is 43.9 Å². The molecule has 1 rings (SSSR count). The fourth-order valence-electron chi connectivity index (χ4n) is 6.16. The molecule has 10 heteroatoms. The molecule has 0 aromatic heterocycles. The van der Waals surface area contributed by atoms with E-state index in [0.717, 1.165) is 77.0 Å².